The van der Waals surface area contributed by atoms with Crippen LogP contribution in [0, 0.1) is 5.82 Å². The zero-order chi connectivity index (χ0) is 10.8. The van der Waals surface area contributed by atoms with Gasteiger partial charge >= 0.3 is 0 Å². The summed E-state index contributed by atoms with van der Waals surface area (Å²) in [5.41, 5.74) is 0.600. The van der Waals surface area contributed by atoms with Crippen LogP contribution in [-0.4, -0.2) is 31.3 Å². The summed E-state index contributed by atoms with van der Waals surface area (Å²) in [7, 11) is 0. The van der Waals surface area contributed by atoms with Crippen LogP contribution in [0.1, 0.15) is 0 Å². The SMILES string of the molecule is Oc1cc(F)c(Cl)cc1N1CCNCC1. The zero-order valence-corrected chi connectivity index (χ0v) is 8.89. The van der Waals surface area contributed by atoms with Crippen LogP contribution in [0.5, 0.6) is 5.75 Å². The largest absolute Gasteiger partial charge is 0.506 e. The maximum atomic E-state index is 13.0. The third-order valence-corrected chi connectivity index (χ3v) is 2.76. The van der Waals surface area contributed by atoms with E-state index in [0.717, 1.165) is 32.2 Å². The molecule has 0 spiro atoms. The smallest absolute Gasteiger partial charge is 0.145 e. The molecule has 15 heavy (non-hydrogen) atoms. The van der Waals surface area contributed by atoms with Crippen molar-refractivity contribution in [3.63, 3.8) is 0 Å². The second-order valence-corrected chi connectivity index (χ2v) is 3.90. The molecule has 0 atom stereocenters. The van der Waals surface area contributed by atoms with Crippen LogP contribution in [0.3, 0.4) is 0 Å². The molecule has 3 nitrogen and oxygen atoms in total. The van der Waals surface area contributed by atoms with Crippen LogP contribution >= 0.6 is 11.6 Å². The number of anilines is 1. The summed E-state index contributed by atoms with van der Waals surface area (Å²) >= 11 is 5.68. The molecule has 82 valence electrons. The standard InChI is InChI=1S/C10H12ClFN2O/c11-7-5-9(10(15)6-8(7)12)14-3-1-13-2-4-14/h5-6,13,15H,1-4H2. The van der Waals surface area contributed by atoms with Crippen molar-refractivity contribution < 1.29 is 9.50 Å². The van der Waals surface area contributed by atoms with Crippen molar-refractivity contribution in [3.8, 4) is 5.75 Å². The molecule has 2 rings (SSSR count). The van der Waals surface area contributed by atoms with E-state index in [1.807, 2.05) is 4.90 Å². The Kier molecular flexibility index (Phi) is 2.98. The predicted octanol–water partition coefficient (Wildman–Crippen LogP) is 1.59. The summed E-state index contributed by atoms with van der Waals surface area (Å²) in [4.78, 5) is 1.98. The molecule has 0 aromatic heterocycles. The second-order valence-electron chi connectivity index (χ2n) is 3.49. The van der Waals surface area contributed by atoms with E-state index in [9.17, 15) is 9.50 Å². The van der Waals surface area contributed by atoms with Gasteiger partial charge in [0.05, 0.1) is 10.7 Å². The van der Waals surface area contributed by atoms with E-state index in [-0.39, 0.29) is 10.8 Å². The highest BCUT2D eigenvalue weighted by Crippen LogP contribution is 2.32. The normalized spacial score (nSPS) is 16.8. The molecule has 1 aromatic carbocycles. The van der Waals surface area contributed by atoms with Crippen molar-refractivity contribution in [3.05, 3.63) is 23.0 Å². The van der Waals surface area contributed by atoms with Gasteiger partial charge in [-0.1, -0.05) is 11.6 Å². The maximum absolute atomic E-state index is 13.0. The number of nitrogens with zero attached hydrogens (tertiary/aromatic N) is 1. The van der Waals surface area contributed by atoms with E-state index in [0.29, 0.717) is 5.69 Å². The molecule has 0 saturated carbocycles. The maximum Gasteiger partial charge on any atom is 0.145 e. The Morgan fingerprint density at radius 3 is 2.67 bits per heavy atom. The summed E-state index contributed by atoms with van der Waals surface area (Å²) in [5.74, 6) is -0.646. The number of rotatable bonds is 1. The fourth-order valence-electron chi connectivity index (χ4n) is 1.68. The first-order valence-electron chi connectivity index (χ1n) is 4.82. The minimum absolute atomic E-state index is 0.0429. The molecule has 0 amide bonds. The van der Waals surface area contributed by atoms with E-state index >= 15 is 0 Å². The van der Waals surface area contributed by atoms with Gasteiger partial charge in [0.25, 0.3) is 0 Å². The van der Waals surface area contributed by atoms with Crippen molar-refractivity contribution in [1.82, 2.24) is 5.32 Å². The molecule has 0 radical (unpaired) electrons. The predicted molar refractivity (Wildman–Crippen MR) is 58.2 cm³/mol. The molecule has 1 aliphatic rings. The number of phenolic OH excluding ortho intramolecular Hbond substituents is 1. The topological polar surface area (TPSA) is 35.5 Å². The minimum Gasteiger partial charge on any atom is -0.506 e. The molecule has 0 bridgehead atoms. The lowest BCUT2D eigenvalue weighted by Gasteiger charge is -2.30. The van der Waals surface area contributed by atoms with E-state index < -0.39 is 5.82 Å². The van der Waals surface area contributed by atoms with E-state index in [1.54, 1.807) is 0 Å². The van der Waals surface area contributed by atoms with Gasteiger partial charge < -0.3 is 15.3 Å². The van der Waals surface area contributed by atoms with Crippen LogP contribution in [0.25, 0.3) is 0 Å². The van der Waals surface area contributed by atoms with Crippen molar-refractivity contribution >= 4 is 17.3 Å². The number of hydrogen-bond donors (Lipinski definition) is 2. The fourth-order valence-corrected chi connectivity index (χ4v) is 1.84. The second kappa shape index (κ2) is 4.24. The molecule has 1 heterocycles. The first kappa shape index (κ1) is 10.5. The van der Waals surface area contributed by atoms with Gasteiger partial charge in [-0.25, -0.2) is 4.39 Å². The zero-order valence-electron chi connectivity index (χ0n) is 8.13. The number of aromatic hydroxyl groups is 1. The van der Waals surface area contributed by atoms with Crippen molar-refractivity contribution in [2.24, 2.45) is 0 Å². The molecule has 0 aliphatic carbocycles. The highest BCUT2D eigenvalue weighted by molar-refractivity contribution is 6.31. The monoisotopic (exact) mass is 230 g/mol. The van der Waals surface area contributed by atoms with Crippen molar-refractivity contribution in [2.75, 3.05) is 31.1 Å². The Hall–Kier alpha value is -1.00. The Balaban J connectivity index is 2.30. The van der Waals surface area contributed by atoms with E-state index in [4.69, 9.17) is 11.6 Å². The van der Waals surface area contributed by atoms with Gasteiger partial charge in [-0.15, -0.1) is 0 Å². The highest BCUT2D eigenvalue weighted by Gasteiger charge is 2.16. The van der Waals surface area contributed by atoms with Gasteiger partial charge in [-0.2, -0.15) is 0 Å². The number of halogens is 2. The molecule has 1 aromatic rings. The van der Waals surface area contributed by atoms with Gasteiger partial charge in [0.15, 0.2) is 0 Å². The van der Waals surface area contributed by atoms with Crippen molar-refractivity contribution in [2.45, 2.75) is 0 Å². The van der Waals surface area contributed by atoms with Crippen LogP contribution in [0.15, 0.2) is 12.1 Å². The Morgan fingerprint density at radius 1 is 1.33 bits per heavy atom. The number of hydrogen-bond acceptors (Lipinski definition) is 3. The number of benzene rings is 1. The lowest BCUT2D eigenvalue weighted by molar-refractivity contribution is 0.464. The molecule has 1 aliphatic heterocycles. The van der Waals surface area contributed by atoms with Gasteiger partial charge in [0.2, 0.25) is 0 Å². The lowest BCUT2D eigenvalue weighted by Crippen LogP contribution is -2.43. The lowest BCUT2D eigenvalue weighted by atomic mass is 10.2. The molecular formula is C10H12ClFN2O. The Morgan fingerprint density at radius 2 is 2.00 bits per heavy atom. The summed E-state index contributed by atoms with van der Waals surface area (Å²) < 4.78 is 13.0. The summed E-state index contributed by atoms with van der Waals surface area (Å²) in [6, 6.07) is 2.53. The summed E-state index contributed by atoms with van der Waals surface area (Å²) in [6.45, 7) is 3.29. The number of phenols is 1. The average Bonchev–Trinajstić information content (AvgIpc) is 2.25. The van der Waals surface area contributed by atoms with Crippen LogP contribution in [0.4, 0.5) is 10.1 Å². The average molecular weight is 231 g/mol. The molecular weight excluding hydrogens is 219 g/mol. The van der Waals surface area contributed by atoms with E-state index in [2.05, 4.69) is 5.32 Å². The fraction of sp³-hybridized carbons (Fsp3) is 0.400. The Labute approximate surface area is 92.5 Å². The van der Waals surface area contributed by atoms with Gasteiger partial charge in [-0.05, 0) is 6.07 Å². The third kappa shape index (κ3) is 2.16. The highest BCUT2D eigenvalue weighted by atomic mass is 35.5. The molecule has 1 saturated heterocycles. The first-order chi connectivity index (χ1) is 7.18. The molecule has 1 fully saturated rings. The van der Waals surface area contributed by atoms with Crippen LogP contribution < -0.4 is 10.2 Å². The van der Waals surface area contributed by atoms with E-state index in [1.165, 1.54) is 6.07 Å². The van der Waals surface area contributed by atoms with Gasteiger partial charge in [0, 0.05) is 32.2 Å². The van der Waals surface area contributed by atoms with Gasteiger partial charge in [-0.3, -0.25) is 0 Å². The summed E-state index contributed by atoms with van der Waals surface area (Å²) in [5, 5.41) is 12.8. The first-order valence-corrected chi connectivity index (χ1v) is 5.20. The molecule has 0 unspecified atom stereocenters. The minimum atomic E-state index is -0.590. The summed E-state index contributed by atoms with van der Waals surface area (Å²) in [6.07, 6.45) is 0. The molecule has 2 N–H and O–H groups in total. The number of nitrogens with one attached hydrogen (secondary N) is 1. The van der Waals surface area contributed by atoms with Crippen LogP contribution in [-0.2, 0) is 0 Å². The Bertz CT molecular complexity index is 367. The van der Waals surface area contributed by atoms with Gasteiger partial charge in [0.1, 0.15) is 11.6 Å². The quantitative estimate of drug-likeness (QED) is 0.769. The number of piperazine rings is 1. The van der Waals surface area contributed by atoms with Crippen LogP contribution in [0.2, 0.25) is 5.02 Å². The molecule has 5 heteroatoms. The van der Waals surface area contributed by atoms with Crippen molar-refractivity contribution in [1.29, 1.82) is 0 Å². The third-order valence-electron chi connectivity index (χ3n) is 2.48.